The molecule has 2 heterocycles. The maximum Gasteiger partial charge on any atom is 0.145 e. The van der Waals surface area contributed by atoms with Crippen LogP contribution in [0.15, 0.2) is 18.6 Å². The van der Waals surface area contributed by atoms with Crippen molar-refractivity contribution in [1.29, 1.82) is 0 Å². The van der Waals surface area contributed by atoms with Crippen molar-refractivity contribution in [3.8, 4) is 11.3 Å². The molecular formula is C8H9N5. The van der Waals surface area contributed by atoms with Crippen molar-refractivity contribution in [2.24, 2.45) is 0 Å². The highest BCUT2D eigenvalue weighted by Crippen LogP contribution is 2.19. The minimum Gasteiger partial charge on any atom is -0.382 e. The Morgan fingerprint density at radius 2 is 2.31 bits per heavy atom. The summed E-state index contributed by atoms with van der Waals surface area (Å²) in [4.78, 5) is 8.00. The summed E-state index contributed by atoms with van der Waals surface area (Å²) in [7, 11) is 0. The molecule has 13 heavy (non-hydrogen) atoms. The van der Waals surface area contributed by atoms with E-state index in [1.165, 1.54) is 6.33 Å². The second-order valence-electron chi connectivity index (χ2n) is 2.73. The molecule has 0 fully saturated rings. The molecule has 0 saturated heterocycles. The summed E-state index contributed by atoms with van der Waals surface area (Å²) in [6, 6.07) is 1.76. The smallest absolute Gasteiger partial charge is 0.145 e. The van der Waals surface area contributed by atoms with Crippen molar-refractivity contribution < 1.29 is 0 Å². The fraction of sp³-hybridized carbons (Fsp3) is 0.125. The van der Waals surface area contributed by atoms with Crippen molar-refractivity contribution in [3.05, 3.63) is 24.3 Å². The maximum absolute atomic E-state index is 5.48. The molecular weight excluding hydrogens is 166 g/mol. The van der Waals surface area contributed by atoms with E-state index in [4.69, 9.17) is 5.73 Å². The maximum atomic E-state index is 5.48. The molecule has 0 aromatic carbocycles. The topological polar surface area (TPSA) is 80.5 Å². The zero-order valence-corrected chi connectivity index (χ0v) is 7.15. The van der Waals surface area contributed by atoms with Gasteiger partial charge in [0.15, 0.2) is 0 Å². The summed E-state index contributed by atoms with van der Waals surface area (Å²) in [5.41, 5.74) is 8.15. The van der Waals surface area contributed by atoms with Crippen molar-refractivity contribution >= 4 is 5.82 Å². The van der Waals surface area contributed by atoms with Crippen molar-refractivity contribution in [1.82, 2.24) is 20.2 Å². The number of aryl methyl sites for hydroxylation is 1. The molecule has 0 atom stereocenters. The summed E-state index contributed by atoms with van der Waals surface area (Å²) in [6.07, 6.45) is 3.24. The van der Waals surface area contributed by atoms with Crippen LogP contribution < -0.4 is 5.73 Å². The number of aromatic nitrogens is 4. The van der Waals surface area contributed by atoms with E-state index in [0.29, 0.717) is 5.82 Å². The quantitative estimate of drug-likeness (QED) is 0.670. The van der Waals surface area contributed by atoms with Crippen molar-refractivity contribution in [2.75, 3.05) is 5.73 Å². The summed E-state index contributed by atoms with van der Waals surface area (Å²) in [5, 5.41) is 6.64. The lowest BCUT2D eigenvalue weighted by Crippen LogP contribution is -1.88. The molecule has 0 spiro atoms. The van der Waals surface area contributed by atoms with E-state index in [-0.39, 0.29) is 0 Å². The minimum absolute atomic E-state index is 0.471. The Labute approximate surface area is 75.0 Å². The van der Waals surface area contributed by atoms with Crippen LogP contribution in [0.1, 0.15) is 5.69 Å². The highest BCUT2D eigenvalue weighted by atomic mass is 15.2. The number of H-pyrrole nitrogens is 1. The van der Waals surface area contributed by atoms with Gasteiger partial charge in [0.25, 0.3) is 0 Å². The first-order valence-electron chi connectivity index (χ1n) is 3.85. The second-order valence-corrected chi connectivity index (χ2v) is 2.73. The number of hydrogen-bond donors (Lipinski definition) is 2. The highest BCUT2D eigenvalue weighted by molar-refractivity contribution is 5.62. The van der Waals surface area contributed by atoms with Gasteiger partial charge in [0.1, 0.15) is 12.1 Å². The SMILES string of the molecule is Cc1ncncc1-c1cc(N)n[nH]1. The number of nitrogen functional groups attached to an aromatic ring is 1. The zero-order chi connectivity index (χ0) is 9.26. The molecule has 2 aromatic rings. The number of nitrogens with one attached hydrogen (secondary N) is 1. The van der Waals surface area contributed by atoms with E-state index in [2.05, 4.69) is 20.2 Å². The molecule has 0 radical (unpaired) electrons. The zero-order valence-electron chi connectivity index (χ0n) is 7.15. The van der Waals surface area contributed by atoms with Crippen LogP contribution in [0.5, 0.6) is 0 Å². The van der Waals surface area contributed by atoms with Gasteiger partial charge in [-0.3, -0.25) is 5.10 Å². The Bertz CT molecular complexity index is 420. The van der Waals surface area contributed by atoms with Gasteiger partial charge < -0.3 is 5.73 Å². The van der Waals surface area contributed by atoms with E-state index < -0.39 is 0 Å². The molecule has 5 heteroatoms. The van der Waals surface area contributed by atoms with Crippen LogP contribution in [-0.2, 0) is 0 Å². The number of nitrogens with two attached hydrogens (primary N) is 1. The fourth-order valence-electron chi connectivity index (χ4n) is 1.13. The van der Waals surface area contributed by atoms with Crippen LogP contribution in [0, 0.1) is 6.92 Å². The van der Waals surface area contributed by atoms with Crippen LogP contribution in [-0.4, -0.2) is 20.2 Å². The molecule has 2 rings (SSSR count). The third-order valence-corrected chi connectivity index (χ3v) is 1.80. The van der Waals surface area contributed by atoms with Crippen LogP contribution in [0.3, 0.4) is 0 Å². The van der Waals surface area contributed by atoms with E-state index in [1.54, 1.807) is 12.3 Å². The van der Waals surface area contributed by atoms with Crippen LogP contribution in [0.2, 0.25) is 0 Å². The number of hydrogen-bond acceptors (Lipinski definition) is 4. The molecule has 0 aliphatic heterocycles. The molecule has 66 valence electrons. The number of rotatable bonds is 1. The molecule has 2 aromatic heterocycles. The summed E-state index contributed by atoms with van der Waals surface area (Å²) >= 11 is 0. The summed E-state index contributed by atoms with van der Waals surface area (Å²) in [5.74, 6) is 0.471. The predicted octanol–water partition coefficient (Wildman–Crippen LogP) is 0.757. The van der Waals surface area contributed by atoms with Crippen LogP contribution >= 0.6 is 0 Å². The minimum atomic E-state index is 0.471. The largest absolute Gasteiger partial charge is 0.382 e. The first kappa shape index (κ1) is 7.72. The summed E-state index contributed by atoms with van der Waals surface area (Å²) in [6.45, 7) is 1.91. The lowest BCUT2D eigenvalue weighted by molar-refractivity contribution is 1.07. The Kier molecular flexibility index (Phi) is 1.70. The third-order valence-electron chi connectivity index (χ3n) is 1.80. The Morgan fingerprint density at radius 1 is 1.46 bits per heavy atom. The third kappa shape index (κ3) is 1.35. The summed E-state index contributed by atoms with van der Waals surface area (Å²) < 4.78 is 0. The fourth-order valence-corrected chi connectivity index (χ4v) is 1.13. The molecule has 0 amide bonds. The van der Waals surface area contributed by atoms with Gasteiger partial charge in [-0.25, -0.2) is 9.97 Å². The van der Waals surface area contributed by atoms with Gasteiger partial charge in [-0.2, -0.15) is 5.10 Å². The van der Waals surface area contributed by atoms with Gasteiger partial charge in [-0.05, 0) is 6.92 Å². The lowest BCUT2D eigenvalue weighted by atomic mass is 10.2. The molecule has 0 aliphatic rings. The lowest BCUT2D eigenvalue weighted by Gasteiger charge is -1.98. The number of anilines is 1. The number of nitrogens with zero attached hydrogens (tertiary/aromatic N) is 3. The molecule has 5 nitrogen and oxygen atoms in total. The van der Waals surface area contributed by atoms with Gasteiger partial charge >= 0.3 is 0 Å². The highest BCUT2D eigenvalue weighted by Gasteiger charge is 2.04. The van der Waals surface area contributed by atoms with Crippen molar-refractivity contribution in [3.63, 3.8) is 0 Å². The average molecular weight is 175 g/mol. The molecule has 0 unspecified atom stereocenters. The van der Waals surface area contributed by atoms with Gasteiger partial charge in [-0.15, -0.1) is 0 Å². The average Bonchev–Trinajstić information content (AvgIpc) is 2.53. The normalized spacial score (nSPS) is 10.2. The van der Waals surface area contributed by atoms with Gasteiger partial charge in [0.2, 0.25) is 0 Å². The Morgan fingerprint density at radius 3 is 2.92 bits per heavy atom. The number of aromatic amines is 1. The molecule has 0 saturated carbocycles. The van der Waals surface area contributed by atoms with E-state index in [1.807, 2.05) is 6.92 Å². The van der Waals surface area contributed by atoms with E-state index in [0.717, 1.165) is 17.0 Å². The monoisotopic (exact) mass is 175 g/mol. The van der Waals surface area contributed by atoms with Crippen LogP contribution in [0.4, 0.5) is 5.82 Å². The van der Waals surface area contributed by atoms with Gasteiger partial charge in [0, 0.05) is 17.8 Å². The van der Waals surface area contributed by atoms with E-state index in [9.17, 15) is 0 Å². The predicted molar refractivity (Wildman–Crippen MR) is 48.8 cm³/mol. The molecule has 0 bridgehead atoms. The second kappa shape index (κ2) is 2.85. The Hall–Kier alpha value is -1.91. The Balaban J connectivity index is 2.52. The molecule has 0 aliphatic carbocycles. The van der Waals surface area contributed by atoms with E-state index >= 15 is 0 Å². The van der Waals surface area contributed by atoms with Crippen molar-refractivity contribution in [2.45, 2.75) is 6.92 Å². The first-order chi connectivity index (χ1) is 6.27. The van der Waals surface area contributed by atoms with Crippen LogP contribution in [0.25, 0.3) is 11.3 Å². The van der Waals surface area contributed by atoms with Gasteiger partial charge in [0.05, 0.1) is 11.4 Å². The van der Waals surface area contributed by atoms with Gasteiger partial charge in [-0.1, -0.05) is 0 Å². The standard InChI is InChI=1S/C8H9N5/c1-5-6(3-10-4-11-5)7-2-8(9)13-12-7/h2-4H,1H3,(H3,9,12,13). The molecule has 3 N–H and O–H groups in total. The first-order valence-corrected chi connectivity index (χ1v) is 3.85.